The van der Waals surface area contributed by atoms with Crippen LogP contribution in [0.25, 0.3) is 0 Å². The zero-order chi connectivity index (χ0) is 6.10. The van der Waals surface area contributed by atoms with Crippen LogP contribution in [0, 0.1) is 0 Å². The molecule has 0 unspecified atom stereocenters. The van der Waals surface area contributed by atoms with Crippen LogP contribution in [0.1, 0.15) is 12.8 Å². The Morgan fingerprint density at radius 2 is 2.33 bits per heavy atom. The number of fused-ring (bicyclic) bond motifs is 1. The molecule has 0 fully saturated rings. The van der Waals surface area contributed by atoms with Crippen molar-refractivity contribution in [3.63, 3.8) is 0 Å². The van der Waals surface area contributed by atoms with E-state index in [4.69, 9.17) is 0 Å². The fourth-order valence-corrected chi connectivity index (χ4v) is 4.49. The summed E-state index contributed by atoms with van der Waals surface area (Å²) in [7, 11) is 0. The zero-order valence-corrected chi connectivity index (χ0v) is 8.31. The van der Waals surface area contributed by atoms with Crippen molar-refractivity contribution in [3.05, 3.63) is 30.8 Å². The van der Waals surface area contributed by atoms with Crippen molar-refractivity contribution < 1.29 is 0 Å². The molecule has 46 valence electrons. The van der Waals surface area contributed by atoms with Gasteiger partial charge in [-0.15, -0.1) is 0 Å². The summed E-state index contributed by atoms with van der Waals surface area (Å²) in [4.78, 5) is 0. The molecule has 1 aliphatic carbocycles. The summed E-state index contributed by atoms with van der Waals surface area (Å²) in [6.45, 7) is 0. The average molecular weight is 313 g/mol. The summed E-state index contributed by atoms with van der Waals surface area (Å²) >= 11 is -0.123. The SMILES string of the molecule is C1=CC2=[CH][Po][CH]=C2CC1. The van der Waals surface area contributed by atoms with Gasteiger partial charge >= 0.3 is 67.2 Å². The topological polar surface area (TPSA) is 0 Å². The van der Waals surface area contributed by atoms with E-state index in [-0.39, 0.29) is 23.6 Å². The van der Waals surface area contributed by atoms with E-state index in [1.807, 2.05) is 0 Å². The molecule has 0 aromatic carbocycles. The molecule has 0 aromatic rings. The van der Waals surface area contributed by atoms with Gasteiger partial charge in [0.15, 0.2) is 0 Å². The fourth-order valence-electron chi connectivity index (χ4n) is 1.13. The first-order valence-corrected chi connectivity index (χ1v) is 6.85. The Kier molecular flexibility index (Phi) is 1.56. The minimum absolute atomic E-state index is 0.123. The van der Waals surface area contributed by atoms with E-state index >= 15 is 0 Å². The van der Waals surface area contributed by atoms with Gasteiger partial charge in [-0.25, -0.2) is 0 Å². The van der Waals surface area contributed by atoms with Gasteiger partial charge in [0.2, 0.25) is 0 Å². The van der Waals surface area contributed by atoms with Gasteiger partial charge in [0.1, 0.15) is 0 Å². The van der Waals surface area contributed by atoms with E-state index in [0.29, 0.717) is 0 Å². The molecule has 0 saturated carbocycles. The third-order valence-corrected chi connectivity index (χ3v) is 4.81. The van der Waals surface area contributed by atoms with E-state index in [1.54, 1.807) is 11.1 Å². The Balaban J connectivity index is 2.39. The van der Waals surface area contributed by atoms with Crippen molar-refractivity contribution in [2.75, 3.05) is 0 Å². The molecule has 0 saturated heterocycles. The quantitative estimate of drug-likeness (QED) is 0.640. The molecule has 0 nitrogen and oxygen atoms in total. The maximum atomic E-state index is 2.50. The first-order valence-electron chi connectivity index (χ1n) is 3.18. The van der Waals surface area contributed by atoms with Crippen LogP contribution in [-0.4, -0.2) is 23.6 Å². The summed E-state index contributed by atoms with van der Waals surface area (Å²) in [5.74, 6) is 0. The predicted octanol–water partition coefficient (Wildman–Crippen LogP) is 1.82. The molecule has 0 bridgehead atoms. The molecule has 9 heavy (non-hydrogen) atoms. The van der Waals surface area contributed by atoms with Gasteiger partial charge in [0.25, 0.3) is 0 Å². The van der Waals surface area contributed by atoms with E-state index in [1.165, 1.54) is 12.8 Å². The maximum absolute atomic E-state index is 2.50. The predicted molar refractivity (Wildman–Crippen MR) is 40.3 cm³/mol. The van der Waals surface area contributed by atoms with E-state index in [9.17, 15) is 0 Å². The minimum atomic E-state index is -0.123. The molecule has 0 N–H and O–H groups in total. The van der Waals surface area contributed by atoms with Gasteiger partial charge in [0.05, 0.1) is 0 Å². The summed E-state index contributed by atoms with van der Waals surface area (Å²) in [5, 5.41) is 0. The third-order valence-electron chi connectivity index (χ3n) is 1.65. The van der Waals surface area contributed by atoms with Crippen molar-refractivity contribution in [2.45, 2.75) is 12.8 Å². The first kappa shape index (κ1) is 5.87. The molecule has 0 radical (unpaired) electrons. The molecule has 0 spiro atoms. The van der Waals surface area contributed by atoms with Crippen LogP contribution in [-0.2, 0) is 0 Å². The van der Waals surface area contributed by atoms with Gasteiger partial charge in [-0.05, 0) is 0 Å². The van der Waals surface area contributed by atoms with Crippen LogP contribution in [0.3, 0.4) is 0 Å². The summed E-state index contributed by atoms with van der Waals surface area (Å²) in [6, 6.07) is 0. The Hall–Kier alpha value is 0.116. The van der Waals surface area contributed by atoms with Crippen LogP contribution >= 0.6 is 0 Å². The van der Waals surface area contributed by atoms with Crippen LogP contribution in [0.5, 0.6) is 0 Å². The fraction of sp³-hybridized carbons (Fsp3) is 0.250. The molecule has 2 aliphatic rings. The molecule has 1 heterocycles. The average Bonchev–Trinajstić information content (AvgIpc) is 2.33. The molecule has 2 rings (SSSR count). The summed E-state index contributed by atoms with van der Waals surface area (Å²) < 4.78 is 4.96. The monoisotopic (exact) mass is 313 g/mol. The number of allylic oxidation sites excluding steroid dienone is 4. The Bertz CT molecular complexity index is 209. The normalized spacial score (nSPS) is 23.1. The molecule has 0 amide bonds. The van der Waals surface area contributed by atoms with Gasteiger partial charge in [-0.3, -0.25) is 0 Å². The first-order chi connectivity index (χ1) is 4.47. The van der Waals surface area contributed by atoms with Crippen LogP contribution < -0.4 is 0 Å². The molecule has 0 aromatic heterocycles. The molecule has 1 aliphatic heterocycles. The van der Waals surface area contributed by atoms with Gasteiger partial charge in [-0.1, -0.05) is 0 Å². The number of hydrogen-bond acceptors (Lipinski definition) is 0. The number of rotatable bonds is 0. The van der Waals surface area contributed by atoms with Gasteiger partial charge in [0, 0.05) is 0 Å². The zero-order valence-electron chi connectivity index (χ0n) is 5.13. The second-order valence-electron chi connectivity index (χ2n) is 2.29. The third kappa shape index (κ3) is 1.04. The Labute approximate surface area is 67.1 Å². The van der Waals surface area contributed by atoms with E-state index < -0.39 is 0 Å². The Morgan fingerprint density at radius 1 is 1.33 bits per heavy atom. The molecule has 0 atom stereocenters. The second-order valence-corrected chi connectivity index (χ2v) is 5.18. The van der Waals surface area contributed by atoms with Crippen molar-refractivity contribution in [3.8, 4) is 0 Å². The molecular weight excluding hydrogens is 305 g/mol. The van der Waals surface area contributed by atoms with Crippen molar-refractivity contribution in [2.24, 2.45) is 0 Å². The van der Waals surface area contributed by atoms with Gasteiger partial charge < -0.3 is 0 Å². The van der Waals surface area contributed by atoms with Crippen LogP contribution in [0.15, 0.2) is 30.8 Å². The summed E-state index contributed by atoms with van der Waals surface area (Å²) in [5.41, 5.74) is 3.19. The molecule has 1 heteroatoms. The van der Waals surface area contributed by atoms with Crippen LogP contribution in [0.4, 0.5) is 0 Å². The van der Waals surface area contributed by atoms with Crippen molar-refractivity contribution in [1.29, 1.82) is 0 Å². The number of hydrogen-bond donors (Lipinski definition) is 0. The molecular formula is C8H8Po. The standard InChI is InChI=1S/C8H8.Po/c1-7-5-3-4-6-8(7)2;/h1-3,5H,4,6H2;. The summed E-state index contributed by atoms with van der Waals surface area (Å²) in [6.07, 6.45) is 7.14. The van der Waals surface area contributed by atoms with Crippen LogP contribution in [0.2, 0.25) is 0 Å². The van der Waals surface area contributed by atoms with Crippen molar-refractivity contribution in [1.82, 2.24) is 0 Å². The second kappa shape index (κ2) is 2.39. The van der Waals surface area contributed by atoms with E-state index in [0.717, 1.165) is 0 Å². The Morgan fingerprint density at radius 3 is 3.22 bits per heavy atom. The van der Waals surface area contributed by atoms with Gasteiger partial charge in [-0.2, -0.15) is 0 Å². The van der Waals surface area contributed by atoms with Crippen molar-refractivity contribution >= 4 is 23.6 Å². The van der Waals surface area contributed by atoms with E-state index in [2.05, 4.69) is 19.6 Å².